The Balaban J connectivity index is 1.21. The van der Waals surface area contributed by atoms with Crippen molar-refractivity contribution in [1.82, 2.24) is 20.4 Å². The molecular weight excluding hydrogens is 372 g/mol. The molecule has 1 aromatic rings. The lowest BCUT2D eigenvalue weighted by Gasteiger charge is -2.44. The predicted molar refractivity (Wildman–Crippen MR) is 106 cm³/mol. The highest BCUT2D eigenvalue weighted by molar-refractivity contribution is 6.04. The normalized spacial score (nSPS) is 27.6. The lowest BCUT2D eigenvalue weighted by molar-refractivity contribution is -0.128. The minimum Gasteiger partial charge on any atom is -0.467 e. The van der Waals surface area contributed by atoms with Crippen molar-refractivity contribution in [2.75, 3.05) is 19.6 Å². The molecule has 158 valence electrons. The summed E-state index contributed by atoms with van der Waals surface area (Å²) in [7, 11) is 0. The molecule has 1 aromatic heterocycles. The van der Waals surface area contributed by atoms with Crippen LogP contribution in [-0.4, -0.2) is 59.4 Å². The van der Waals surface area contributed by atoms with Crippen LogP contribution in [0.25, 0.3) is 0 Å². The van der Waals surface area contributed by atoms with Gasteiger partial charge in [0.1, 0.15) is 11.8 Å². The zero-order chi connectivity index (χ0) is 20.2. The number of carbonyl (C=O) groups excluding carboxylic acids is 3. The molecule has 0 radical (unpaired) electrons. The summed E-state index contributed by atoms with van der Waals surface area (Å²) in [5, 5.41) is 5.74. The molecule has 0 bridgehead atoms. The molecule has 4 rings (SSSR count). The van der Waals surface area contributed by atoms with E-state index < -0.39 is 12.1 Å². The molecule has 0 spiro atoms. The van der Waals surface area contributed by atoms with E-state index in [4.69, 9.17) is 4.42 Å². The first kappa shape index (κ1) is 19.9. The third-order valence-corrected chi connectivity index (χ3v) is 6.45. The Morgan fingerprint density at radius 3 is 2.90 bits per heavy atom. The van der Waals surface area contributed by atoms with Gasteiger partial charge in [-0.2, -0.15) is 0 Å². The summed E-state index contributed by atoms with van der Waals surface area (Å²) in [4.78, 5) is 40.6. The molecule has 29 heavy (non-hydrogen) atoms. The van der Waals surface area contributed by atoms with Gasteiger partial charge in [-0.25, -0.2) is 4.79 Å². The van der Waals surface area contributed by atoms with Crippen LogP contribution in [0.2, 0.25) is 0 Å². The zero-order valence-electron chi connectivity index (χ0n) is 16.8. The van der Waals surface area contributed by atoms with Crippen LogP contribution < -0.4 is 10.6 Å². The van der Waals surface area contributed by atoms with E-state index in [1.807, 2.05) is 0 Å². The quantitative estimate of drug-likeness (QED) is 0.679. The molecular formula is C21H30N4O4. The second kappa shape index (κ2) is 8.98. The fourth-order valence-electron chi connectivity index (χ4n) is 4.90. The Kier molecular flexibility index (Phi) is 6.18. The Morgan fingerprint density at radius 2 is 2.07 bits per heavy atom. The molecule has 3 saturated heterocycles. The van der Waals surface area contributed by atoms with Crippen LogP contribution in [0.3, 0.4) is 0 Å². The van der Waals surface area contributed by atoms with E-state index in [0.29, 0.717) is 30.7 Å². The van der Waals surface area contributed by atoms with Crippen molar-refractivity contribution in [3.05, 3.63) is 24.2 Å². The minimum absolute atomic E-state index is 0.0514. The van der Waals surface area contributed by atoms with Gasteiger partial charge >= 0.3 is 6.03 Å². The Hall–Kier alpha value is -2.35. The van der Waals surface area contributed by atoms with E-state index in [0.717, 1.165) is 4.90 Å². The smallest absolute Gasteiger partial charge is 0.325 e. The SMILES string of the molecule is O=C(CC[C@@H]1NC(=O)N(Cc2ccco2)C1=O)NC[C@H]1CCCN2CCCC[C@H]12. The van der Waals surface area contributed by atoms with Gasteiger partial charge in [-0.1, -0.05) is 6.42 Å². The summed E-state index contributed by atoms with van der Waals surface area (Å²) in [6, 6.07) is 2.96. The first-order valence-electron chi connectivity index (χ1n) is 10.8. The number of carbonyl (C=O) groups is 3. The highest BCUT2D eigenvalue weighted by atomic mass is 16.3. The molecule has 0 aliphatic carbocycles. The summed E-state index contributed by atoms with van der Waals surface area (Å²) < 4.78 is 5.21. The zero-order valence-corrected chi connectivity index (χ0v) is 16.8. The van der Waals surface area contributed by atoms with E-state index in [9.17, 15) is 14.4 Å². The number of amides is 4. The maximum atomic E-state index is 12.5. The number of fused-ring (bicyclic) bond motifs is 1. The number of imide groups is 1. The number of nitrogens with one attached hydrogen (secondary N) is 2. The second-order valence-electron chi connectivity index (χ2n) is 8.35. The van der Waals surface area contributed by atoms with Crippen LogP contribution in [0.5, 0.6) is 0 Å². The van der Waals surface area contributed by atoms with Gasteiger partial charge in [0, 0.05) is 19.0 Å². The third kappa shape index (κ3) is 4.63. The molecule has 0 aromatic carbocycles. The van der Waals surface area contributed by atoms with Crippen LogP contribution >= 0.6 is 0 Å². The molecule has 4 amide bonds. The lowest BCUT2D eigenvalue weighted by Crippen LogP contribution is -2.51. The van der Waals surface area contributed by atoms with Crippen LogP contribution in [0.1, 0.15) is 50.7 Å². The summed E-state index contributed by atoms with van der Waals surface area (Å²) >= 11 is 0. The van der Waals surface area contributed by atoms with Gasteiger partial charge in [-0.15, -0.1) is 0 Å². The van der Waals surface area contributed by atoms with Crippen LogP contribution in [0.15, 0.2) is 22.8 Å². The number of rotatable bonds is 7. The maximum absolute atomic E-state index is 12.5. The summed E-state index contributed by atoms with van der Waals surface area (Å²) in [6.07, 6.45) is 8.21. The molecule has 8 heteroatoms. The number of furan rings is 1. The van der Waals surface area contributed by atoms with E-state index >= 15 is 0 Å². The maximum Gasteiger partial charge on any atom is 0.325 e. The summed E-state index contributed by atoms with van der Waals surface area (Å²) in [5.74, 6) is 0.717. The molecule has 4 heterocycles. The number of hydrogen-bond acceptors (Lipinski definition) is 5. The average Bonchev–Trinajstić information content (AvgIpc) is 3.34. The molecule has 3 fully saturated rings. The molecule has 3 atom stereocenters. The van der Waals surface area contributed by atoms with Gasteiger partial charge in [0.2, 0.25) is 5.91 Å². The summed E-state index contributed by atoms with van der Waals surface area (Å²) in [6.45, 7) is 3.19. The molecule has 3 aliphatic rings. The van der Waals surface area contributed by atoms with Crippen molar-refractivity contribution in [1.29, 1.82) is 0 Å². The number of piperidine rings is 2. The van der Waals surface area contributed by atoms with Gasteiger partial charge in [0.05, 0.1) is 12.8 Å². The van der Waals surface area contributed by atoms with Crippen molar-refractivity contribution in [2.24, 2.45) is 5.92 Å². The highest BCUT2D eigenvalue weighted by Crippen LogP contribution is 2.30. The van der Waals surface area contributed by atoms with Crippen molar-refractivity contribution in [2.45, 2.75) is 63.6 Å². The topological polar surface area (TPSA) is 94.9 Å². The van der Waals surface area contributed by atoms with Gasteiger partial charge in [0.15, 0.2) is 0 Å². The van der Waals surface area contributed by atoms with Gasteiger partial charge < -0.3 is 20.0 Å². The Labute approximate surface area is 171 Å². The second-order valence-corrected chi connectivity index (χ2v) is 8.35. The Morgan fingerprint density at radius 1 is 1.21 bits per heavy atom. The number of urea groups is 1. The van der Waals surface area contributed by atoms with E-state index in [-0.39, 0.29) is 24.8 Å². The van der Waals surface area contributed by atoms with Gasteiger partial charge in [-0.05, 0) is 63.2 Å². The van der Waals surface area contributed by atoms with Crippen LogP contribution in [-0.2, 0) is 16.1 Å². The largest absolute Gasteiger partial charge is 0.467 e. The predicted octanol–water partition coefficient (Wildman–Crippen LogP) is 1.86. The van der Waals surface area contributed by atoms with Gasteiger partial charge in [-0.3, -0.25) is 14.5 Å². The third-order valence-electron chi connectivity index (χ3n) is 6.45. The number of hydrogen-bond donors (Lipinski definition) is 2. The van der Waals surface area contributed by atoms with Crippen LogP contribution in [0, 0.1) is 5.92 Å². The first-order valence-corrected chi connectivity index (χ1v) is 10.8. The van der Waals surface area contributed by atoms with Crippen molar-refractivity contribution < 1.29 is 18.8 Å². The molecule has 2 N–H and O–H groups in total. The van der Waals surface area contributed by atoms with Crippen LogP contribution in [0.4, 0.5) is 4.79 Å². The fourth-order valence-corrected chi connectivity index (χ4v) is 4.90. The van der Waals surface area contributed by atoms with Crippen molar-refractivity contribution in [3.63, 3.8) is 0 Å². The summed E-state index contributed by atoms with van der Waals surface area (Å²) in [5.41, 5.74) is 0. The molecule has 0 unspecified atom stereocenters. The first-order chi connectivity index (χ1) is 14.1. The average molecular weight is 402 g/mol. The molecule has 3 aliphatic heterocycles. The minimum atomic E-state index is -0.647. The van der Waals surface area contributed by atoms with Crippen molar-refractivity contribution >= 4 is 17.8 Å². The van der Waals surface area contributed by atoms with E-state index in [1.54, 1.807) is 12.1 Å². The molecule has 0 saturated carbocycles. The van der Waals surface area contributed by atoms with Crippen molar-refractivity contribution in [3.8, 4) is 0 Å². The van der Waals surface area contributed by atoms with E-state index in [1.165, 1.54) is 51.5 Å². The highest BCUT2D eigenvalue weighted by Gasteiger charge is 2.38. The fraction of sp³-hybridized carbons (Fsp3) is 0.667. The molecule has 8 nitrogen and oxygen atoms in total. The van der Waals surface area contributed by atoms with E-state index in [2.05, 4.69) is 15.5 Å². The number of nitrogens with zero attached hydrogens (tertiary/aromatic N) is 2. The lowest BCUT2D eigenvalue weighted by atomic mass is 9.83. The van der Waals surface area contributed by atoms with Gasteiger partial charge in [0.25, 0.3) is 5.91 Å². The Bertz CT molecular complexity index is 733. The monoisotopic (exact) mass is 402 g/mol. The standard InChI is InChI=1S/C21H30N4O4/c26-19(22-13-15-5-3-11-24-10-2-1-7-18(15)24)9-8-17-20(27)25(21(28)23-17)14-16-6-4-12-29-16/h4,6,12,15,17-18H,1-3,5,7-11,13-14H2,(H,22,26)(H,23,28)/t15-,17+,18-/m1/s1.